The summed E-state index contributed by atoms with van der Waals surface area (Å²) in [5.74, 6) is 1.34. The number of hydrogen-bond donors (Lipinski definition) is 2. The molecule has 0 aliphatic carbocycles. The molecule has 2 rings (SSSR count). The first-order valence-electron chi connectivity index (χ1n) is 7.53. The molecule has 0 aliphatic rings. The smallest absolute Gasteiger partial charge is 0.193 e. The third kappa shape index (κ3) is 5.53. The van der Waals surface area contributed by atoms with Crippen LogP contribution in [0.2, 0.25) is 0 Å². The van der Waals surface area contributed by atoms with Gasteiger partial charge in [0, 0.05) is 17.8 Å². The summed E-state index contributed by atoms with van der Waals surface area (Å²) in [7, 11) is 0. The van der Waals surface area contributed by atoms with Crippen LogP contribution in [0.1, 0.15) is 34.6 Å². The molecule has 126 valence electrons. The molecule has 2 aromatic rings. The summed E-state index contributed by atoms with van der Waals surface area (Å²) >= 11 is 0. The van der Waals surface area contributed by atoms with Gasteiger partial charge in [0.05, 0.1) is 5.69 Å². The highest BCUT2D eigenvalue weighted by Gasteiger charge is 2.07. The molecule has 0 saturated heterocycles. The average Bonchev–Trinajstić information content (AvgIpc) is 2.79. The molecule has 0 amide bonds. The lowest BCUT2D eigenvalue weighted by molar-refractivity contribution is 0.392. The van der Waals surface area contributed by atoms with Crippen LogP contribution in [0.15, 0.2) is 27.7 Å². The fourth-order valence-corrected chi connectivity index (χ4v) is 2.32. The maximum atomic E-state index is 5.92. The van der Waals surface area contributed by atoms with Gasteiger partial charge in [-0.25, -0.2) is 0 Å². The van der Waals surface area contributed by atoms with E-state index in [1.807, 2.05) is 19.9 Å². The first-order chi connectivity index (χ1) is 10.5. The summed E-state index contributed by atoms with van der Waals surface area (Å²) in [4.78, 5) is 4.36. The summed E-state index contributed by atoms with van der Waals surface area (Å²) in [6.07, 6.45) is 1.82. The van der Waals surface area contributed by atoms with Crippen molar-refractivity contribution < 1.29 is 4.52 Å². The zero-order chi connectivity index (χ0) is 16.1. The maximum Gasteiger partial charge on any atom is 0.193 e. The molecule has 0 bridgehead atoms. The van der Waals surface area contributed by atoms with Crippen molar-refractivity contribution in [3.8, 4) is 0 Å². The SMILES string of the molecule is Cc1ccc(NC(N)=NCCCc2c(C)noc2C)cc1C.I. The van der Waals surface area contributed by atoms with Crippen LogP contribution in [0.3, 0.4) is 0 Å². The van der Waals surface area contributed by atoms with Crippen molar-refractivity contribution in [2.24, 2.45) is 10.7 Å². The molecular weight excluding hydrogens is 403 g/mol. The van der Waals surface area contributed by atoms with Gasteiger partial charge in [-0.05, 0) is 63.8 Å². The van der Waals surface area contributed by atoms with Crippen molar-refractivity contribution in [1.29, 1.82) is 0 Å². The number of anilines is 1. The summed E-state index contributed by atoms with van der Waals surface area (Å²) in [6.45, 7) is 8.75. The molecule has 0 spiro atoms. The van der Waals surface area contributed by atoms with Crippen molar-refractivity contribution in [2.45, 2.75) is 40.5 Å². The molecule has 0 radical (unpaired) electrons. The topological polar surface area (TPSA) is 76.4 Å². The van der Waals surface area contributed by atoms with Crippen LogP contribution in [-0.4, -0.2) is 17.7 Å². The van der Waals surface area contributed by atoms with E-state index >= 15 is 0 Å². The van der Waals surface area contributed by atoms with Crippen molar-refractivity contribution in [1.82, 2.24) is 5.16 Å². The lowest BCUT2D eigenvalue weighted by Crippen LogP contribution is -2.23. The number of nitrogens with one attached hydrogen (secondary N) is 1. The third-order valence-electron chi connectivity index (χ3n) is 3.83. The molecule has 0 fully saturated rings. The largest absolute Gasteiger partial charge is 0.370 e. The van der Waals surface area contributed by atoms with E-state index in [1.54, 1.807) is 0 Å². The minimum absolute atomic E-state index is 0. The molecule has 0 atom stereocenters. The van der Waals surface area contributed by atoms with E-state index in [-0.39, 0.29) is 24.0 Å². The van der Waals surface area contributed by atoms with Crippen LogP contribution in [-0.2, 0) is 6.42 Å². The van der Waals surface area contributed by atoms with Gasteiger partial charge in [0.15, 0.2) is 5.96 Å². The second-order valence-electron chi connectivity index (χ2n) is 5.60. The molecule has 0 unspecified atom stereocenters. The standard InChI is InChI=1S/C17H24N4O.HI/c1-11-7-8-15(10-12(11)2)20-17(18)19-9-5-6-16-13(3)21-22-14(16)4;/h7-8,10H,5-6,9H2,1-4H3,(H3,18,19,20);1H. The first-order valence-corrected chi connectivity index (χ1v) is 7.53. The molecule has 0 saturated carbocycles. The van der Waals surface area contributed by atoms with E-state index < -0.39 is 0 Å². The molecule has 6 heteroatoms. The number of guanidine groups is 1. The van der Waals surface area contributed by atoms with Gasteiger partial charge in [-0.3, -0.25) is 4.99 Å². The Bertz CT molecular complexity index is 660. The van der Waals surface area contributed by atoms with Crippen LogP contribution >= 0.6 is 24.0 Å². The predicted octanol–water partition coefficient (Wildman–Crippen LogP) is 3.89. The van der Waals surface area contributed by atoms with Gasteiger partial charge < -0.3 is 15.6 Å². The second-order valence-corrected chi connectivity index (χ2v) is 5.60. The van der Waals surface area contributed by atoms with E-state index in [2.05, 4.69) is 41.4 Å². The maximum absolute atomic E-state index is 5.92. The number of halogens is 1. The average molecular weight is 428 g/mol. The number of aryl methyl sites for hydroxylation is 4. The zero-order valence-corrected chi connectivity index (χ0v) is 16.5. The molecule has 0 aliphatic heterocycles. The summed E-state index contributed by atoms with van der Waals surface area (Å²) in [5.41, 5.74) is 11.5. The number of aliphatic imine (C=N–C) groups is 1. The highest BCUT2D eigenvalue weighted by Crippen LogP contribution is 2.15. The third-order valence-corrected chi connectivity index (χ3v) is 3.83. The number of aromatic nitrogens is 1. The Kier molecular flexibility index (Phi) is 7.54. The molecule has 5 nitrogen and oxygen atoms in total. The van der Waals surface area contributed by atoms with Crippen molar-refractivity contribution >= 4 is 35.6 Å². The Balaban J connectivity index is 0.00000264. The van der Waals surface area contributed by atoms with E-state index in [4.69, 9.17) is 10.3 Å². The molecule has 1 heterocycles. The summed E-state index contributed by atoms with van der Waals surface area (Å²) < 4.78 is 5.15. The Morgan fingerprint density at radius 2 is 1.96 bits per heavy atom. The van der Waals surface area contributed by atoms with E-state index in [1.165, 1.54) is 16.7 Å². The van der Waals surface area contributed by atoms with E-state index in [0.29, 0.717) is 12.5 Å². The number of rotatable bonds is 5. The monoisotopic (exact) mass is 428 g/mol. The molecule has 1 aromatic heterocycles. The first kappa shape index (κ1) is 19.5. The summed E-state index contributed by atoms with van der Waals surface area (Å²) in [5, 5.41) is 7.08. The van der Waals surface area contributed by atoms with Gasteiger partial charge in [0.25, 0.3) is 0 Å². The Morgan fingerprint density at radius 1 is 1.22 bits per heavy atom. The molecule has 1 aromatic carbocycles. The van der Waals surface area contributed by atoms with Crippen LogP contribution in [0.25, 0.3) is 0 Å². The molecule has 23 heavy (non-hydrogen) atoms. The van der Waals surface area contributed by atoms with Crippen LogP contribution in [0, 0.1) is 27.7 Å². The van der Waals surface area contributed by atoms with E-state index in [0.717, 1.165) is 30.0 Å². The van der Waals surface area contributed by atoms with Gasteiger partial charge in [-0.15, -0.1) is 24.0 Å². The highest BCUT2D eigenvalue weighted by atomic mass is 127. The zero-order valence-electron chi connectivity index (χ0n) is 14.1. The second kappa shape index (κ2) is 8.90. The van der Waals surface area contributed by atoms with Gasteiger partial charge >= 0.3 is 0 Å². The Hall–Kier alpha value is -1.57. The summed E-state index contributed by atoms with van der Waals surface area (Å²) in [6, 6.07) is 6.15. The lowest BCUT2D eigenvalue weighted by Gasteiger charge is -2.08. The highest BCUT2D eigenvalue weighted by molar-refractivity contribution is 14.0. The Labute approximate surface area is 154 Å². The molecule has 3 N–H and O–H groups in total. The van der Waals surface area contributed by atoms with Crippen LogP contribution in [0.5, 0.6) is 0 Å². The minimum Gasteiger partial charge on any atom is -0.370 e. The predicted molar refractivity (Wildman–Crippen MR) is 106 cm³/mol. The van der Waals surface area contributed by atoms with Crippen molar-refractivity contribution in [3.63, 3.8) is 0 Å². The molecular formula is C17H25IN4O. The number of nitrogens with two attached hydrogens (primary N) is 1. The minimum atomic E-state index is 0. The number of nitrogens with zero attached hydrogens (tertiary/aromatic N) is 2. The van der Waals surface area contributed by atoms with E-state index in [9.17, 15) is 0 Å². The van der Waals surface area contributed by atoms with Gasteiger partial charge in [-0.2, -0.15) is 0 Å². The number of benzene rings is 1. The quantitative estimate of drug-likeness (QED) is 0.328. The van der Waals surface area contributed by atoms with Crippen LogP contribution in [0.4, 0.5) is 5.69 Å². The van der Waals surface area contributed by atoms with Gasteiger partial charge in [-0.1, -0.05) is 11.2 Å². The number of hydrogen-bond acceptors (Lipinski definition) is 3. The van der Waals surface area contributed by atoms with Crippen molar-refractivity contribution in [3.05, 3.63) is 46.3 Å². The Morgan fingerprint density at radius 3 is 2.57 bits per heavy atom. The fourth-order valence-electron chi connectivity index (χ4n) is 2.32. The fraction of sp³-hybridized carbons (Fsp3) is 0.412. The van der Waals surface area contributed by atoms with Gasteiger partial charge in [0.1, 0.15) is 5.76 Å². The lowest BCUT2D eigenvalue weighted by atomic mass is 10.1. The van der Waals surface area contributed by atoms with Gasteiger partial charge in [0.2, 0.25) is 0 Å². The van der Waals surface area contributed by atoms with Crippen LogP contribution < -0.4 is 11.1 Å². The van der Waals surface area contributed by atoms with Crippen molar-refractivity contribution in [2.75, 3.05) is 11.9 Å². The normalized spacial score (nSPS) is 11.2.